The number of anilines is 1. The second-order valence-electron chi connectivity index (χ2n) is 5.53. The second-order valence-corrected chi connectivity index (χ2v) is 6.39. The normalized spacial score (nSPS) is 10.2. The van der Waals surface area contributed by atoms with Crippen LogP contribution in [-0.2, 0) is 6.42 Å². The molecule has 1 heterocycles. The molecule has 0 bridgehead atoms. The van der Waals surface area contributed by atoms with Gasteiger partial charge in [0.15, 0.2) is 16.6 Å². The summed E-state index contributed by atoms with van der Waals surface area (Å²) >= 11 is 1.38. The first-order valence-corrected chi connectivity index (χ1v) is 8.84. The van der Waals surface area contributed by atoms with Crippen molar-refractivity contribution >= 4 is 28.9 Å². The van der Waals surface area contributed by atoms with E-state index in [9.17, 15) is 8.78 Å². The Labute approximate surface area is 166 Å². The zero-order valence-electron chi connectivity index (χ0n) is 14.8. The lowest BCUT2D eigenvalue weighted by atomic mass is 10.1. The lowest BCUT2D eigenvalue weighted by Gasteiger charge is -2.09. The molecule has 0 atom stereocenters. The van der Waals surface area contributed by atoms with Crippen molar-refractivity contribution in [2.75, 3.05) is 26.1 Å². The molecule has 144 valence electrons. The van der Waals surface area contributed by atoms with Crippen molar-refractivity contribution in [1.29, 1.82) is 0 Å². The van der Waals surface area contributed by atoms with Gasteiger partial charge in [0, 0.05) is 23.6 Å². The van der Waals surface area contributed by atoms with E-state index in [1.165, 1.54) is 23.5 Å². The molecule has 0 spiro atoms. The van der Waals surface area contributed by atoms with E-state index in [0.717, 1.165) is 18.1 Å². The molecule has 27 heavy (non-hydrogen) atoms. The lowest BCUT2D eigenvalue weighted by molar-refractivity contribution is 0.354. The first kappa shape index (κ1) is 20.9. The maximum atomic E-state index is 13.8. The monoisotopic (exact) mass is 412 g/mol. The van der Waals surface area contributed by atoms with Crippen LogP contribution in [0, 0.1) is 11.6 Å². The predicted octanol–water partition coefficient (Wildman–Crippen LogP) is 5.18. The van der Waals surface area contributed by atoms with Crippen molar-refractivity contribution in [3.63, 3.8) is 0 Å². The maximum Gasteiger partial charge on any atom is 0.183 e. The largest absolute Gasteiger partial charge is 0.493 e. The van der Waals surface area contributed by atoms with Gasteiger partial charge in [0.2, 0.25) is 0 Å². The molecule has 2 aromatic carbocycles. The molecule has 0 fully saturated rings. The molecule has 1 aromatic heterocycles. The minimum absolute atomic E-state index is 0. The van der Waals surface area contributed by atoms with Gasteiger partial charge in [-0.2, -0.15) is 0 Å². The van der Waals surface area contributed by atoms with E-state index in [4.69, 9.17) is 9.47 Å². The Balaban J connectivity index is 0.00000261. The smallest absolute Gasteiger partial charge is 0.183 e. The van der Waals surface area contributed by atoms with Crippen molar-refractivity contribution in [2.45, 2.75) is 6.42 Å². The first-order valence-electron chi connectivity index (χ1n) is 7.96. The fraction of sp³-hybridized carbons (Fsp3) is 0.211. The number of thiazole rings is 1. The van der Waals surface area contributed by atoms with Crippen LogP contribution >= 0.6 is 23.7 Å². The van der Waals surface area contributed by atoms with Crippen molar-refractivity contribution in [1.82, 2.24) is 4.98 Å². The number of benzene rings is 2. The van der Waals surface area contributed by atoms with Crippen LogP contribution in [0.15, 0.2) is 41.8 Å². The fourth-order valence-corrected chi connectivity index (χ4v) is 3.27. The van der Waals surface area contributed by atoms with Crippen molar-refractivity contribution in [3.05, 3.63) is 59.0 Å². The number of methoxy groups -OCH3 is 2. The molecular weight excluding hydrogens is 394 g/mol. The number of hydrogen-bond acceptors (Lipinski definition) is 5. The number of halogens is 3. The first-order chi connectivity index (χ1) is 12.6. The summed E-state index contributed by atoms with van der Waals surface area (Å²) in [5, 5.41) is 5.65. The predicted molar refractivity (Wildman–Crippen MR) is 106 cm³/mol. The van der Waals surface area contributed by atoms with E-state index in [2.05, 4.69) is 10.3 Å². The maximum absolute atomic E-state index is 13.8. The van der Waals surface area contributed by atoms with E-state index in [1.807, 2.05) is 18.2 Å². The second kappa shape index (κ2) is 9.53. The highest BCUT2D eigenvalue weighted by atomic mass is 35.5. The molecule has 0 saturated heterocycles. The van der Waals surface area contributed by atoms with Crippen LogP contribution in [0.5, 0.6) is 11.5 Å². The number of rotatable bonds is 7. The Morgan fingerprint density at radius 1 is 1.04 bits per heavy atom. The Hall–Kier alpha value is -2.38. The summed E-state index contributed by atoms with van der Waals surface area (Å²) in [7, 11) is 3.20. The van der Waals surface area contributed by atoms with Crippen molar-refractivity contribution in [3.8, 4) is 22.8 Å². The number of nitrogens with one attached hydrogen (secondary N) is 1. The summed E-state index contributed by atoms with van der Waals surface area (Å²) in [5.41, 5.74) is 1.87. The Morgan fingerprint density at radius 3 is 2.52 bits per heavy atom. The molecule has 0 amide bonds. The third kappa shape index (κ3) is 5.08. The van der Waals surface area contributed by atoms with E-state index in [0.29, 0.717) is 28.9 Å². The van der Waals surface area contributed by atoms with Gasteiger partial charge in [0.25, 0.3) is 0 Å². The third-order valence-electron chi connectivity index (χ3n) is 3.85. The summed E-state index contributed by atoms with van der Waals surface area (Å²) in [6.45, 7) is 0.661. The van der Waals surface area contributed by atoms with Gasteiger partial charge in [-0.25, -0.2) is 13.8 Å². The Kier molecular flexibility index (Phi) is 7.38. The number of hydrogen-bond donors (Lipinski definition) is 1. The summed E-state index contributed by atoms with van der Waals surface area (Å²) in [6.07, 6.45) is 0.764. The minimum Gasteiger partial charge on any atom is -0.493 e. The molecule has 0 aliphatic rings. The molecule has 3 aromatic rings. The van der Waals surface area contributed by atoms with Crippen LogP contribution in [0.2, 0.25) is 0 Å². The van der Waals surface area contributed by atoms with Gasteiger partial charge in [0.05, 0.1) is 19.9 Å². The zero-order valence-corrected chi connectivity index (χ0v) is 16.4. The molecule has 1 N–H and O–H groups in total. The van der Waals surface area contributed by atoms with E-state index < -0.39 is 11.6 Å². The van der Waals surface area contributed by atoms with Crippen LogP contribution in [-0.4, -0.2) is 25.7 Å². The molecule has 8 heteroatoms. The molecule has 4 nitrogen and oxygen atoms in total. The Bertz CT molecular complexity index is 905. The van der Waals surface area contributed by atoms with Gasteiger partial charge in [-0.05, 0) is 36.2 Å². The third-order valence-corrected chi connectivity index (χ3v) is 4.65. The average Bonchev–Trinajstić information content (AvgIpc) is 3.10. The fourth-order valence-electron chi connectivity index (χ4n) is 2.53. The quantitative estimate of drug-likeness (QED) is 0.580. The summed E-state index contributed by atoms with van der Waals surface area (Å²) in [4.78, 5) is 4.36. The highest BCUT2D eigenvalue weighted by molar-refractivity contribution is 7.14. The van der Waals surface area contributed by atoms with Crippen LogP contribution in [0.1, 0.15) is 5.56 Å². The molecular formula is C19H19ClF2N2O2S. The molecule has 0 aliphatic heterocycles. The van der Waals surface area contributed by atoms with Crippen molar-refractivity contribution < 1.29 is 18.3 Å². The molecule has 0 aliphatic carbocycles. The van der Waals surface area contributed by atoms with Crippen LogP contribution in [0.3, 0.4) is 0 Å². The lowest BCUT2D eigenvalue weighted by Crippen LogP contribution is -2.05. The Morgan fingerprint density at radius 2 is 1.81 bits per heavy atom. The van der Waals surface area contributed by atoms with Gasteiger partial charge < -0.3 is 14.8 Å². The van der Waals surface area contributed by atoms with Crippen LogP contribution in [0.25, 0.3) is 11.3 Å². The molecule has 0 radical (unpaired) electrons. The number of ether oxygens (including phenoxy) is 2. The highest BCUT2D eigenvalue weighted by Gasteiger charge is 2.10. The zero-order chi connectivity index (χ0) is 18.5. The molecule has 0 saturated carbocycles. The van der Waals surface area contributed by atoms with Gasteiger partial charge in [-0.1, -0.05) is 6.07 Å². The summed E-state index contributed by atoms with van der Waals surface area (Å²) in [5.74, 6) is 0.158. The van der Waals surface area contributed by atoms with Crippen LogP contribution in [0.4, 0.5) is 13.9 Å². The number of nitrogens with zero attached hydrogens (tertiary/aromatic N) is 1. The van der Waals surface area contributed by atoms with Gasteiger partial charge in [-0.15, -0.1) is 23.7 Å². The SMILES string of the molecule is COc1ccc(CCNc2nc(-c3ccc(F)cc3F)cs2)cc1OC.Cl. The average molecular weight is 413 g/mol. The van der Waals surface area contributed by atoms with Gasteiger partial charge in [-0.3, -0.25) is 0 Å². The van der Waals surface area contributed by atoms with Crippen LogP contribution < -0.4 is 14.8 Å². The standard InChI is InChI=1S/C19H18F2N2O2S.ClH/c1-24-17-6-3-12(9-18(17)25-2)7-8-22-19-23-16(11-26-19)14-5-4-13(20)10-15(14)21;/h3-6,9-11H,7-8H2,1-2H3,(H,22,23);1H. The van der Waals surface area contributed by atoms with E-state index >= 15 is 0 Å². The molecule has 0 unspecified atom stereocenters. The minimum atomic E-state index is -0.618. The van der Waals surface area contributed by atoms with Gasteiger partial charge >= 0.3 is 0 Å². The molecule has 3 rings (SSSR count). The highest BCUT2D eigenvalue weighted by Crippen LogP contribution is 2.29. The summed E-state index contributed by atoms with van der Waals surface area (Å²) < 4.78 is 37.4. The van der Waals surface area contributed by atoms with Crippen molar-refractivity contribution in [2.24, 2.45) is 0 Å². The number of aromatic nitrogens is 1. The van der Waals surface area contributed by atoms with E-state index in [-0.39, 0.29) is 18.0 Å². The summed E-state index contributed by atoms with van der Waals surface area (Å²) in [6, 6.07) is 9.26. The van der Waals surface area contributed by atoms with Gasteiger partial charge in [0.1, 0.15) is 11.6 Å². The van der Waals surface area contributed by atoms with E-state index in [1.54, 1.807) is 19.6 Å². The topological polar surface area (TPSA) is 43.4 Å².